The van der Waals surface area contributed by atoms with Crippen molar-refractivity contribution in [1.29, 1.82) is 0 Å². The molecule has 0 saturated carbocycles. The Bertz CT molecular complexity index is 818. The summed E-state index contributed by atoms with van der Waals surface area (Å²) >= 11 is 0. The fourth-order valence-corrected chi connectivity index (χ4v) is 3.70. The number of fused-ring (bicyclic) bond motifs is 1. The van der Waals surface area contributed by atoms with E-state index in [-0.39, 0.29) is 47.7 Å². The molecule has 0 heterocycles. The topological polar surface area (TPSA) is 115 Å². The van der Waals surface area contributed by atoms with Crippen LogP contribution in [-0.4, -0.2) is 51.3 Å². The number of aliphatic hydroxyl groups is 3. The highest BCUT2D eigenvalue weighted by atomic mass is 16.3. The van der Waals surface area contributed by atoms with Gasteiger partial charge in [-0.15, -0.1) is 0 Å². The third-order valence-electron chi connectivity index (χ3n) is 4.92. The maximum Gasteiger partial charge on any atom is 0.198 e. The van der Waals surface area contributed by atoms with Crippen LogP contribution in [0.1, 0.15) is 52.0 Å². The number of hydrogen-bond acceptors (Lipinski definition) is 6. The van der Waals surface area contributed by atoms with Gasteiger partial charge in [0.15, 0.2) is 11.6 Å². The van der Waals surface area contributed by atoms with Crippen molar-refractivity contribution >= 4 is 11.6 Å². The van der Waals surface area contributed by atoms with Crippen LogP contribution in [0.3, 0.4) is 0 Å². The van der Waals surface area contributed by atoms with Gasteiger partial charge < -0.3 is 20.4 Å². The van der Waals surface area contributed by atoms with Crippen LogP contribution < -0.4 is 0 Å². The number of aryl methyl sites for hydroxylation is 1. The summed E-state index contributed by atoms with van der Waals surface area (Å²) in [4.78, 5) is 26.3. The molecule has 6 nitrogen and oxygen atoms in total. The summed E-state index contributed by atoms with van der Waals surface area (Å²) < 4.78 is 0. The van der Waals surface area contributed by atoms with Gasteiger partial charge in [0.2, 0.25) is 0 Å². The largest absolute Gasteiger partial charge is 0.507 e. The number of aliphatic hydroxyl groups excluding tert-OH is 3. The summed E-state index contributed by atoms with van der Waals surface area (Å²) in [7, 11) is 0. The number of rotatable bonds is 6. The van der Waals surface area contributed by atoms with Crippen molar-refractivity contribution in [3.63, 3.8) is 0 Å². The van der Waals surface area contributed by atoms with Gasteiger partial charge in [0.25, 0.3) is 0 Å². The first-order chi connectivity index (χ1) is 12.5. The number of phenols is 1. The third kappa shape index (κ3) is 3.00. The van der Waals surface area contributed by atoms with E-state index in [2.05, 4.69) is 0 Å². The van der Waals surface area contributed by atoms with E-state index in [0.717, 1.165) is 0 Å². The quantitative estimate of drug-likeness (QED) is 0.612. The Hall–Kier alpha value is -2.28. The maximum absolute atomic E-state index is 13.1. The van der Waals surface area contributed by atoms with Gasteiger partial charge in [0.1, 0.15) is 5.75 Å². The number of Topliss-reactive ketones (excluding diaryl/α,β-unsaturated/α-hetero) is 2. The van der Waals surface area contributed by atoms with E-state index in [4.69, 9.17) is 10.2 Å². The second kappa shape index (κ2) is 7.53. The van der Waals surface area contributed by atoms with Crippen LogP contribution in [0.2, 0.25) is 0 Å². The molecular weight excluding hydrogens is 336 g/mol. The lowest BCUT2D eigenvalue weighted by Gasteiger charge is -2.30. The zero-order valence-corrected chi connectivity index (χ0v) is 14.4. The third-order valence-corrected chi connectivity index (χ3v) is 4.92. The van der Waals surface area contributed by atoms with Gasteiger partial charge in [-0.3, -0.25) is 9.59 Å². The van der Waals surface area contributed by atoms with Crippen LogP contribution in [0, 0.1) is 0 Å². The molecule has 0 aromatic heterocycles. The van der Waals surface area contributed by atoms with E-state index in [1.54, 1.807) is 12.1 Å². The summed E-state index contributed by atoms with van der Waals surface area (Å²) in [5.41, 5.74) is 1.54. The van der Waals surface area contributed by atoms with E-state index in [9.17, 15) is 19.8 Å². The minimum Gasteiger partial charge on any atom is -0.507 e. The van der Waals surface area contributed by atoms with Crippen molar-refractivity contribution in [2.45, 2.75) is 38.2 Å². The summed E-state index contributed by atoms with van der Waals surface area (Å²) in [6.45, 7) is -0.0970. The van der Waals surface area contributed by atoms with Gasteiger partial charge in [0.05, 0.1) is 11.7 Å². The van der Waals surface area contributed by atoms with Crippen molar-refractivity contribution in [2.24, 2.45) is 0 Å². The molecule has 4 N–H and O–H groups in total. The zero-order chi connectivity index (χ0) is 18.8. The number of hydrogen-bond donors (Lipinski definition) is 4. The van der Waals surface area contributed by atoms with E-state index in [1.807, 2.05) is 0 Å². The Morgan fingerprint density at radius 3 is 2.35 bits per heavy atom. The van der Waals surface area contributed by atoms with Gasteiger partial charge in [-0.05, 0) is 49.3 Å². The second-order valence-electron chi connectivity index (χ2n) is 6.58. The highest BCUT2D eigenvalue weighted by molar-refractivity contribution is 6.30. The number of carbonyl (C=O) groups excluding carboxylic acids is 2. The maximum atomic E-state index is 13.1. The molecule has 1 atom stereocenters. The molecule has 0 aliphatic heterocycles. The molecule has 0 radical (unpaired) electrons. The van der Waals surface area contributed by atoms with Gasteiger partial charge in [-0.25, -0.2) is 0 Å². The summed E-state index contributed by atoms with van der Waals surface area (Å²) in [6.07, 6.45) is 2.57. The molecule has 0 fully saturated rings. The molecular formula is C20H22O6. The molecule has 26 heavy (non-hydrogen) atoms. The molecule has 1 aromatic rings. The van der Waals surface area contributed by atoms with E-state index in [1.165, 1.54) is 6.07 Å². The lowest BCUT2D eigenvalue weighted by atomic mass is 9.73. The molecule has 0 bridgehead atoms. The first-order valence-corrected chi connectivity index (χ1v) is 8.78. The summed E-state index contributed by atoms with van der Waals surface area (Å²) in [6, 6.07) is 2.97. The van der Waals surface area contributed by atoms with Crippen molar-refractivity contribution in [3.8, 4) is 5.75 Å². The molecule has 2 aliphatic carbocycles. The number of carbonyl (C=O) groups is 2. The molecule has 2 aliphatic rings. The monoisotopic (exact) mass is 358 g/mol. The van der Waals surface area contributed by atoms with Crippen LogP contribution in [0.15, 0.2) is 34.9 Å². The van der Waals surface area contributed by atoms with Gasteiger partial charge >= 0.3 is 0 Å². The predicted octanol–water partition coefficient (Wildman–Crippen LogP) is 1.46. The lowest BCUT2D eigenvalue weighted by Crippen LogP contribution is -2.32. The van der Waals surface area contributed by atoms with Crippen molar-refractivity contribution in [1.82, 2.24) is 0 Å². The Labute approximate surface area is 151 Å². The number of ketones is 2. The smallest absolute Gasteiger partial charge is 0.198 e. The number of phenolic OH excluding ortho intramolecular Hbond substituents is 1. The first-order valence-electron chi connectivity index (χ1n) is 8.78. The number of benzene rings is 1. The molecule has 0 spiro atoms. The summed E-state index contributed by atoms with van der Waals surface area (Å²) in [5.74, 6) is -1.18. The normalized spacial score (nSPS) is 19.3. The fourth-order valence-electron chi connectivity index (χ4n) is 3.70. The van der Waals surface area contributed by atoms with E-state index >= 15 is 0 Å². The standard InChI is InChI=1S/C20H22O6/c21-9-1-3-11-5-7-13(23)17-15(11)19(25)18-14(24)8-6-12(4-2-10-22)16(18)20(17)26/h5-7,14,21-24H,1-4,8-10H2. The minimum atomic E-state index is -1.07. The van der Waals surface area contributed by atoms with Crippen molar-refractivity contribution < 1.29 is 30.0 Å². The van der Waals surface area contributed by atoms with E-state index < -0.39 is 17.7 Å². The molecule has 1 aromatic carbocycles. The molecule has 0 saturated heterocycles. The van der Waals surface area contributed by atoms with Gasteiger partial charge in [-0.2, -0.15) is 0 Å². The van der Waals surface area contributed by atoms with Crippen LogP contribution in [0.25, 0.3) is 0 Å². The van der Waals surface area contributed by atoms with Crippen LogP contribution in [-0.2, 0) is 6.42 Å². The Kier molecular flexibility index (Phi) is 5.36. The van der Waals surface area contributed by atoms with Crippen molar-refractivity contribution in [2.75, 3.05) is 13.2 Å². The van der Waals surface area contributed by atoms with Crippen molar-refractivity contribution in [3.05, 3.63) is 51.6 Å². The first kappa shape index (κ1) is 18.5. The van der Waals surface area contributed by atoms with Gasteiger partial charge in [0, 0.05) is 29.9 Å². The molecule has 1 unspecified atom stereocenters. The minimum absolute atomic E-state index is 0.0341. The summed E-state index contributed by atoms with van der Waals surface area (Å²) in [5, 5.41) is 38.8. The Morgan fingerprint density at radius 1 is 0.962 bits per heavy atom. The van der Waals surface area contributed by atoms with Crippen LogP contribution in [0.4, 0.5) is 0 Å². The second-order valence-corrected chi connectivity index (χ2v) is 6.58. The SMILES string of the molecule is O=C1C2=C(C(=O)c3c(CCCO)ccc(O)c31)C(O)CC=C2CCCO. The predicted molar refractivity (Wildman–Crippen MR) is 94.2 cm³/mol. The number of allylic oxidation sites excluding steroid dienone is 2. The van der Waals surface area contributed by atoms with Crippen LogP contribution >= 0.6 is 0 Å². The Morgan fingerprint density at radius 2 is 1.65 bits per heavy atom. The zero-order valence-electron chi connectivity index (χ0n) is 14.4. The highest BCUT2D eigenvalue weighted by Gasteiger charge is 2.40. The highest BCUT2D eigenvalue weighted by Crippen LogP contribution is 2.41. The van der Waals surface area contributed by atoms with E-state index in [0.29, 0.717) is 36.8 Å². The Balaban J connectivity index is 2.15. The average molecular weight is 358 g/mol. The van der Waals surface area contributed by atoms with Gasteiger partial charge in [-0.1, -0.05) is 12.1 Å². The fraction of sp³-hybridized carbons (Fsp3) is 0.400. The molecule has 6 heteroatoms. The average Bonchev–Trinajstić information content (AvgIpc) is 2.63. The lowest BCUT2D eigenvalue weighted by molar-refractivity contribution is 0.0932. The number of aromatic hydroxyl groups is 1. The molecule has 138 valence electrons. The van der Waals surface area contributed by atoms with Crippen LogP contribution in [0.5, 0.6) is 5.75 Å². The molecule has 3 rings (SSSR count). The molecule has 0 amide bonds.